The van der Waals surface area contributed by atoms with Gasteiger partial charge >= 0.3 is 0 Å². The summed E-state index contributed by atoms with van der Waals surface area (Å²) in [6, 6.07) is 13.1. The van der Waals surface area contributed by atoms with Gasteiger partial charge in [-0.3, -0.25) is 4.79 Å². The zero-order chi connectivity index (χ0) is 20.4. The second kappa shape index (κ2) is 8.22. The van der Waals surface area contributed by atoms with Crippen LogP contribution in [0.15, 0.2) is 53.4 Å². The molecule has 1 saturated carbocycles. The maximum Gasteiger partial charge on any atom is 0.243 e. The van der Waals surface area contributed by atoms with Crippen LogP contribution < -0.4 is 5.32 Å². The predicted molar refractivity (Wildman–Crippen MR) is 105 cm³/mol. The highest BCUT2D eigenvalue weighted by Crippen LogP contribution is 2.48. The third-order valence-electron chi connectivity index (χ3n) is 5.43. The molecule has 2 fully saturated rings. The van der Waals surface area contributed by atoms with E-state index in [2.05, 4.69) is 5.32 Å². The molecule has 1 heterocycles. The topological polar surface area (TPSA) is 75.7 Å². The average Bonchev–Trinajstić information content (AvgIpc) is 3.54. The first-order valence-electron chi connectivity index (χ1n) is 9.66. The van der Waals surface area contributed by atoms with Crippen LogP contribution in [0.25, 0.3) is 0 Å². The molecule has 1 aliphatic heterocycles. The van der Waals surface area contributed by atoms with Crippen LogP contribution >= 0.6 is 0 Å². The number of rotatable bonds is 6. The number of nitrogens with zero attached hydrogens (tertiary/aromatic N) is 1. The maximum absolute atomic E-state index is 13.8. The first kappa shape index (κ1) is 20.0. The summed E-state index contributed by atoms with van der Waals surface area (Å²) in [6.07, 6.45) is 0.642. The van der Waals surface area contributed by atoms with E-state index in [9.17, 15) is 17.6 Å². The minimum Gasteiger partial charge on any atom is -0.379 e. The zero-order valence-electron chi connectivity index (χ0n) is 15.9. The van der Waals surface area contributed by atoms with Gasteiger partial charge in [0, 0.05) is 25.6 Å². The van der Waals surface area contributed by atoms with Gasteiger partial charge in [0.2, 0.25) is 15.9 Å². The summed E-state index contributed by atoms with van der Waals surface area (Å²) < 4.78 is 45.7. The van der Waals surface area contributed by atoms with Gasteiger partial charge in [0.05, 0.1) is 18.1 Å². The maximum atomic E-state index is 13.8. The van der Waals surface area contributed by atoms with Crippen molar-refractivity contribution >= 4 is 15.9 Å². The van der Waals surface area contributed by atoms with E-state index >= 15 is 0 Å². The molecule has 1 amide bonds. The van der Waals surface area contributed by atoms with Crippen LogP contribution in [0.2, 0.25) is 0 Å². The Kier molecular flexibility index (Phi) is 5.67. The molecule has 1 aliphatic carbocycles. The zero-order valence-corrected chi connectivity index (χ0v) is 16.7. The summed E-state index contributed by atoms with van der Waals surface area (Å²) in [7, 11) is -3.53. The van der Waals surface area contributed by atoms with Gasteiger partial charge in [-0.1, -0.05) is 30.3 Å². The third-order valence-corrected chi connectivity index (χ3v) is 7.34. The molecular weight excluding hydrogens is 395 g/mol. The Hall–Kier alpha value is -2.29. The number of carbonyl (C=O) groups excluding carboxylic acids is 1. The van der Waals surface area contributed by atoms with Gasteiger partial charge in [-0.2, -0.15) is 4.31 Å². The van der Waals surface area contributed by atoms with E-state index in [0.29, 0.717) is 44.8 Å². The second-order valence-corrected chi connectivity index (χ2v) is 9.29. The van der Waals surface area contributed by atoms with Crippen molar-refractivity contribution in [2.45, 2.75) is 23.8 Å². The van der Waals surface area contributed by atoms with Crippen molar-refractivity contribution in [3.05, 3.63) is 65.5 Å². The van der Waals surface area contributed by atoms with Crippen molar-refractivity contribution in [3.63, 3.8) is 0 Å². The van der Waals surface area contributed by atoms with E-state index in [4.69, 9.17) is 4.74 Å². The molecule has 0 spiro atoms. The Labute approximate surface area is 169 Å². The monoisotopic (exact) mass is 418 g/mol. The number of hydrogen-bond donors (Lipinski definition) is 1. The van der Waals surface area contributed by atoms with Crippen LogP contribution in [0.5, 0.6) is 0 Å². The van der Waals surface area contributed by atoms with Crippen molar-refractivity contribution in [2.75, 3.05) is 26.3 Å². The van der Waals surface area contributed by atoms with Crippen molar-refractivity contribution in [3.8, 4) is 0 Å². The molecule has 1 N–H and O–H groups in total. The van der Waals surface area contributed by atoms with Gasteiger partial charge in [0.15, 0.2) is 0 Å². The smallest absolute Gasteiger partial charge is 0.243 e. The minimum atomic E-state index is -3.53. The van der Waals surface area contributed by atoms with Crippen LogP contribution in [0, 0.1) is 11.7 Å². The van der Waals surface area contributed by atoms with E-state index in [1.807, 2.05) is 0 Å². The van der Waals surface area contributed by atoms with Crippen LogP contribution in [-0.4, -0.2) is 44.9 Å². The molecule has 154 valence electrons. The average molecular weight is 418 g/mol. The third kappa shape index (κ3) is 4.34. The van der Waals surface area contributed by atoms with E-state index in [1.165, 1.54) is 10.4 Å². The lowest BCUT2D eigenvalue weighted by atomic mass is 10.1. The van der Waals surface area contributed by atoms with Gasteiger partial charge in [0.25, 0.3) is 0 Å². The molecule has 0 radical (unpaired) electrons. The van der Waals surface area contributed by atoms with E-state index < -0.39 is 10.0 Å². The number of hydrogen-bond acceptors (Lipinski definition) is 4. The largest absolute Gasteiger partial charge is 0.379 e. The number of sulfonamides is 1. The Morgan fingerprint density at radius 2 is 1.79 bits per heavy atom. The lowest BCUT2D eigenvalue weighted by Gasteiger charge is -2.26. The fraction of sp³-hybridized carbons (Fsp3) is 0.381. The van der Waals surface area contributed by atoms with E-state index in [1.54, 1.807) is 42.5 Å². The number of amides is 1. The minimum absolute atomic E-state index is 0.0720. The fourth-order valence-corrected chi connectivity index (χ4v) is 5.05. The molecule has 2 aromatic rings. The summed E-state index contributed by atoms with van der Waals surface area (Å²) >= 11 is 0. The quantitative estimate of drug-likeness (QED) is 0.781. The summed E-state index contributed by atoms with van der Waals surface area (Å²) in [5.41, 5.74) is 1.40. The summed E-state index contributed by atoms with van der Waals surface area (Å²) in [5, 5.41) is 2.86. The highest BCUT2D eigenvalue weighted by molar-refractivity contribution is 7.89. The molecule has 8 heteroatoms. The first-order valence-corrected chi connectivity index (χ1v) is 11.1. The number of morpholine rings is 1. The van der Waals surface area contributed by atoms with Crippen LogP contribution in [0.4, 0.5) is 4.39 Å². The highest BCUT2D eigenvalue weighted by atomic mass is 32.2. The number of carbonyl (C=O) groups is 1. The van der Waals surface area contributed by atoms with Crippen LogP contribution in [0.3, 0.4) is 0 Å². The van der Waals surface area contributed by atoms with Gasteiger partial charge in [0.1, 0.15) is 5.82 Å². The SMILES string of the molecule is O=C(NCc1ccc(S(=O)(=O)N2CCOCC2)cc1)C1CC1c1ccccc1F. The summed E-state index contributed by atoms with van der Waals surface area (Å²) in [5.74, 6) is -0.668. The fourth-order valence-electron chi connectivity index (χ4n) is 3.64. The van der Waals surface area contributed by atoms with Crippen LogP contribution in [0.1, 0.15) is 23.5 Å². The van der Waals surface area contributed by atoms with Gasteiger partial charge < -0.3 is 10.1 Å². The second-order valence-electron chi connectivity index (χ2n) is 7.35. The number of benzene rings is 2. The standard InChI is InChI=1S/C21H23FN2O4S/c22-20-4-2-1-3-17(20)18-13-19(18)21(25)23-14-15-5-7-16(8-6-15)29(26,27)24-9-11-28-12-10-24/h1-8,18-19H,9-14H2,(H,23,25). The Bertz CT molecular complexity index is 988. The summed E-state index contributed by atoms with van der Waals surface area (Å²) in [4.78, 5) is 12.6. The molecule has 2 aromatic carbocycles. The molecule has 2 atom stereocenters. The number of ether oxygens (including phenoxy) is 1. The molecule has 6 nitrogen and oxygen atoms in total. The normalized spacial score (nSPS) is 22.2. The Balaban J connectivity index is 1.33. The Morgan fingerprint density at radius 3 is 2.48 bits per heavy atom. The van der Waals surface area contributed by atoms with E-state index in [-0.39, 0.29) is 28.5 Å². The van der Waals surface area contributed by atoms with Crippen LogP contribution in [-0.2, 0) is 26.1 Å². The van der Waals surface area contributed by atoms with Gasteiger partial charge in [-0.05, 0) is 41.7 Å². The predicted octanol–water partition coefficient (Wildman–Crippen LogP) is 2.27. The van der Waals surface area contributed by atoms with Gasteiger partial charge in [-0.15, -0.1) is 0 Å². The number of halogens is 1. The van der Waals surface area contributed by atoms with Crippen molar-refractivity contribution in [1.29, 1.82) is 0 Å². The number of nitrogens with one attached hydrogen (secondary N) is 1. The molecule has 0 aromatic heterocycles. The van der Waals surface area contributed by atoms with Crippen molar-refractivity contribution in [2.24, 2.45) is 5.92 Å². The van der Waals surface area contributed by atoms with Gasteiger partial charge in [-0.25, -0.2) is 12.8 Å². The molecule has 2 aliphatic rings. The lowest BCUT2D eigenvalue weighted by Crippen LogP contribution is -2.40. The molecular formula is C21H23FN2O4S. The van der Waals surface area contributed by atoms with Crippen molar-refractivity contribution < 1.29 is 22.3 Å². The van der Waals surface area contributed by atoms with E-state index in [0.717, 1.165) is 5.56 Å². The summed E-state index contributed by atoms with van der Waals surface area (Å²) in [6.45, 7) is 1.81. The molecule has 29 heavy (non-hydrogen) atoms. The molecule has 2 unspecified atom stereocenters. The molecule has 4 rings (SSSR count). The lowest BCUT2D eigenvalue weighted by molar-refractivity contribution is -0.122. The van der Waals surface area contributed by atoms with Crippen molar-refractivity contribution in [1.82, 2.24) is 9.62 Å². The molecule has 0 bridgehead atoms. The first-order chi connectivity index (χ1) is 14.0. The molecule has 1 saturated heterocycles. The highest BCUT2D eigenvalue weighted by Gasteiger charge is 2.44. The Morgan fingerprint density at radius 1 is 1.10 bits per heavy atom.